The fourth-order valence-electron chi connectivity index (χ4n) is 4.45. The highest BCUT2D eigenvalue weighted by atomic mass is 32.1. The Hall–Kier alpha value is -2.26. The first kappa shape index (κ1) is 20.0. The zero-order valence-electron chi connectivity index (χ0n) is 16.1. The summed E-state index contributed by atoms with van der Waals surface area (Å²) < 4.78 is 5.01. The number of amides is 1. The van der Waals surface area contributed by atoms with E-state index in [0.717, 1.165) is 16.5 Å². The van der Waals surface area contributed by atoms with Crippen LogP contribution in [0.4, 0.5) is 5.69 Å². The fourth-order valence-corrected chi connectivity index (χ4v) is 4.80. The molecule has 4 rings (SSSR count). The zero-order valence-corrected chi connectivity index (χ0v) is 16.9. The van der Waals surface area contributed by atoms with Gasteiger partial charge in [-0.2, -0.15) is 0 Å². The maximum Gasteiger partial charge on any atom is 0.225 e. The summed E-state index contributed by atoms with van der Waals surface area (Å²) in [5, 5.41) is 29.5. The van der Waals surface area contributed by atoms with Crippen molar-refractivity contribution in [1.82, 2.24) is 10.6 Å². The molecular weight excluding hydrogens is 390 g/mol. The summed E-state index contributed by atoms with van der Waals surface area (Å²) in [5.41, 5.74) is 0.881. The van der Waals surface area contributed by atoms with Crippen molar-refractivity contribution in [3.8, 4) is 0 Å². The van der Waals surface area contributed by atoms with Crippen LogP contribution < -0.4 is 15.5 Å². The van der Waals surface area contributed by atoms with Gasteiger partial charge in [0.15, 0.2) is 5.11 Å². The lowest BCUT2D eigenvalue weighted by molar-refractivity contribution is -0.131. The van der Waals surface area contributed by atoms with Crippen molar-refractivity contribution in [3.05, 3.63) is 42.5 Å². The third kappa shape index (κ3) is 3.57. The van der Waals surface area contributed by atoms with Crippen LogP contribution in [0.1, 0.15) is 6.42 Å². The Bertz CT molecular complexity index is 918. The van der Waals surface area contributed by atoms with Gasteiger partial charge in [0.05, 0.1) is 36.4 Å². The summed E-state index contributed by atoms with van der Waals surface area (Å²) in [7, 11) is 1.57. The minimum absolute atomic E-state index is 0.159. The number of aliphatic hydroxyl groups excluding tert-OH is 2. The molecule has 5 atom stereocenters. The number of anilines is 1. The van der Waals surface area contributed by atoms with Crippen molar-refractivity contribution in [2.45, 2.75) is 30.7 Å². The average molecular weight is 416 g/mol. The third-order valence-electron chi connectivity index (χ3n) is 5.81. The van der Waals surface area contributed by atoms with Crippen LogP contribution in [0.3, 0.4) is 0 Å². The van der Waals surface area contributed by atoms with Gasteiger partial charge in [0.2, 0.25) is 5.91 Å². The van der Waals surface area contributed by atoms with Crippen molar-refractivity contribution in [3.63, 3.8) is 0 Å². The van der Waals surface area contributed by atoms with Crippen LogP contribution in [-0.4, -0.2) is 65.8 Å². The van der Waals surface area contributed by atoms with E-state index in [9.17, 15) is 15.0 Å². The van der Waals surface area contributed by atoms with Gasteiger partial charge in [-0.1, -0.05) is 36.4 Å². The first-order valence-electron chi connectivity index (χ1n) is 9.73. The topological polar surface area (TPSA) is 94.1 Å². The van der Waals surface area contributed by atoms with E-state index in [2.05, 4.69) is 10.6 Å². The van der Waals surface area contributed by atoms with Gasteiger partial charge < -0.3 is 30.5 Å². The lowest BCUT2D eigenvalue weighted by Crippen LogP contribution is -2.61. The van der Waals surface area contributed by atoms with E-state index in [-0.39, 0.29) is 12.3 Å². The number of methoxy groups -OCH3 is 1. The van der Waals surface area contributed by atoms with Crippen molar-refractivity contribution in [2.24, 2.45) is 5.92 Å². The number of carbonyl (C=O) groups excluding carboxylic acids is 1. The predicted molar refractivity (Wildman–Crippen MR) is 115 cm³/mol. The molecule has 1 saturated carbocycles. The van der Waals surface area contributed by atoms with Crippen LogP contribution in [0.5, 0.6) is 0 Å². The van der Waals surface area contributed by atoms with Crippen molar-refractivity contribution < 1.29 is 19.7 Å². The van der Waals surface area contributed by atoms with E-state index in [1.807, 2.05) is 47.4 Å². The molecule has 2 fully saturated rings. The van der Waals surface area contributed by atoms with E-state index < -0.39 is 30.2 Å². The standard InChI is InChI=1S/C21H25N3O4S/c1-28-10-9-22-20(27)14-11-16(25)19(26)17-18(14)24(21(29)23-17)15-8-4-6-12-5-2-3-7-13(12)15/h2-8,14,16-19,25-26H,9-11H2,1H3,(H,22,27)(H,23,29)/t14-,16-,17-,18-,19+/m1/s1. The second kappa shape index (κ2) is 8.23. The Kier molecular flexibility index (Phi) is 5.69. The summed E-state index contributed by atoms with van der Waals surface area (Å²) in [5.74, 6) is -0.720. The van der Waals surface area contributed by atoms with E-state index in [1.54, 1.807) is 7.11 Å². The number of benzene rings is 2. The van der Waals surface area contributed by atoms with Crippen LogP contribution >= 0.6 is 12.2 Å². The summed E-state index contributed by atoms with van der Waals surface area (Å²) in [6, 6.07) is 13.0. The minimum atomic E-state index is -1.01. The summed E-state index contributed by atoms with van der Waals surface area (Å²) in [6.45, 7) is 0.787. The molecule has 4 N–H and O–H groups in total. The molecule has 0 spiro atoms. The molecule has 2 aromatic carbocycles. The lowest BCUT2D eigenvalue weighted by Gasteiger charge is -2.41. The van der Waals surface area contributed by atoms with Gasteiger partial charge in [0.1, 0.15) is 6.10 Å². The molecule has 0 aromatic heterocycles. The molecule has 154 valence electrons. The number of carbonyl (C=O) groups is 1. The van der Waals surface area contributed by atoms with E-state index in [4.69, 9.17) is 17.0 Å². The van der Waals surface area contributed by atoms with E-state index in [1.165, 1.54) is 0 Å². The van der Waals surface area contributed by atoms with E-state index >= 15 is 0 Å². The molecule has 1 heterocycles. The molecule has 1 saturated heterocycles. The Morgan fingerprint density at radius 2 is 2.03 bits per heavy atom. The minimum Gasteiger partial charge on any atom is -0.390 e. The van der Waals surface area contributed by atoms with E-state index in [0.29, 0.717) is 18.3 Å². The highest BCUT2D eigenvalue weighted by molar-refractivity contribution is 7.80. The third-order valence-corrected chi connectivity index (χ3v) is 6.13. The fraction of sp³-hybridized carbons (Fsp3) is 0.429. The second-order valence-electron chi connectivity index (χ2n) is 7.52. The molecule has 1 amide bonds. The van der Waals surface area contributed by atoms with Crippen LogP contribution in [0.25, 0.3) is 10.8 Å². The lowest BCUT2D eigenvalue weighted by atomic mass is 9.77. The first-order chi connectivity index (χ1) is 14.0. The van der Waals surface area contributed by atoms with Gasteiger partial charge in [-0.15, -0.1) is 0 Å². The second-order valence-corrected chi connectivity index (χ2v) is 7.90. The first-order valence-corrected chi connectivity index (χ1v) is 10.1. The molecule has 7 nitrogen and oxygen atoms in total. The van der Waals surface area contributed by atoms with Gasteiger partial charge in [-0.25, -0.2) is 0 Å². The predicted octanol–water partition coefficient (Wildman–Crippen LogP) is 0.776. The molecule has 8 heteroatoms. The largest absolute Gasteiger partial charge is 0.390 e. The maximum atomic E-state index is 13.0. The number of aliphatic hydroxyl groups is 2. The van der Waals surface area contributed by atoms with Gasteiger partial charge in [-0.05, 0) is 30.1 Å². The summed E-state index contributed by atoms with van der Waals surface area (Å²) in [4.78, 5) is 14.9. The Labute approximate surface area is 174 Å². The maximum absolute atomic E-state index is 13.0. The molecule has 0 bridgehead atoms. The van der Waals surface area contributed by atoms with Crippen LogP contribution in [-0.2, 0) is 9.53 Å². The number of hydrogen-bond acceptors (Lipinski definition) is 5. The average Bonchev–Trinajstić information content (AvgIpc) is 3.07. The zero-order chi connectivity index (χ0) is 20.5. The summed E-state index contributed by atoms with van der Waals surface area (Å²) in [6.07, 6.45) is -1.86. The van der Waals surface area contributed by atoms with Crippen LogP contribution in [0.2, 0.25) is 0 Å². The van der Waals surface area contributed by atoms with Crippen LogP contribution in [0.15, 0.2) is 42.5 Å². The smallest absolute Gasteiger partial charge is 0.225 e. The molecular formula is C21H25N3O4S. The Morgan fingerprint density at radius 3 is 2.83 bits per heavy atom. The van der Waals surface area contributed by atoms with Crippen molar-refractivity contribution in [2.75, 3.05) is 25.2 Å². The number of hydrogen-bond donors (Lipinski definition) is 4. The molecule has 29 heavy (non-hydrogen) atoms. The summed E-state index contributed by atoms with van der Waals surface area (Å²) >= 11 is 5.61. The van der Waals surface area contributed by atoms with Gasteiger partial charge >= 0.3 is 0 Å². The number of nitrogens with zero attached hydrogens (tertiary/aromatic N) is 1. The normalized spacial score (nSPS) is 28.9. The molecule has 0 radical (unpaired) electrons. The molecule has 1 aliphatic carbocycles. The van der Waals surface area contributed by atoms with Crippen molar-refractivity contribution >= 4 is 39.7 Å². The van der Waals surface area contributed by atoms with Crippen molar-refractivity contribution in [1.29, 1.82) is 0 Å². The SMILES string of the molecule is COCCNC(=O)[C@@H]1C[C@@H](O)[C@H](O)[C@@H]2NC(=S)N(c3cccc4ccccc34)[C@@H]21. The number of thiocarbonyl (C=S) groups is 1. The Balaban J connectivity index is 1.74. The Morgan fingerprint density at radius 1 is 1.28 bits per heavy atom. The molecule has 2 aliphatic rings. The number of fused-ring (bicyclic) bond motifs is 2. The number of nitrogens with one attached hydrogen (secondary N) is 2. The molecule has 1 aliphatic heterocycles. The highest BCUT2D eigenvalue weighted by Gasteiger charge is 2.54. The van der Waals surface area contributed by atoms with Crippen LogP contribution in [0, 0.1) is 5.92 Å². The monoisotopic (exact) mass is 415 g/mol. The van der Waals surface area contributed by atoms with Gasteiger partial charge in [0, 0.05) is 19.0 Å². The van der Waals surface area contributed by atoms with Gasteiger partial charge in [0.25, 0.3) is 0 Å². The quantitative estimate of drug-likeness (QED) is 0.423. The molecule has 2 aromatic rings. The number of rotatable bonds is 5. The number of ether oxygens (including phenoxy) is 1. The van der Waals surface area contributed by atoms with Gasteiger partial charge in [-0.3, -0.25) is 4.79 Å². The highest BCUT2D eigenvalue weighted by Crippen LogP contribution is 2.39. The molecule has 0 unspecified atom stereocenters.